The molecule has 4 nitrogen and oxygen atoms in total. The number of ether oxygens (including phenoxy) is 1. The summed E-state index contributed by atoms with van der Waals surface area (Å²) in [6, 6.07) is 11.6. The van der Waals surface area contributed by atoms with Gasteiger partial charge < -0.3 is 4.74 Å². The van der Waals surface area contributed by atoms with Crippen LogP contribution in [-0.4, -0.2) is 5.91 Å². The fourth-order valence-electron chi connectivity index (χ4n) is 1.66. The molecule has 0 heterocycles. The Morgan fingerprint density at radius 3 is 2.40 bits per heavy atom. The zero-order valence-electron chi connectivity index (χ0n) is 10.3. The van der Waals surface area contributed by atoms with Crippen molar-refractivity contribution in [1.29, 1.82) is 0 Å². The molecule has 0 aliphatic heterocycles. The van der Waals surface area contributed by atoms with Crippen LogP contribution < -0.4 is 16.0 Å². The Morgan fingerprint density at radius 1 is 1.10 bits per heavy atom. The van der Waals surface area contributed by atoms with Crippen molar-refractivity contribution in [3.8, 4) is 5.75 Å². The number of nitrogens with two attached hydrogens (primary N) is 1. The molecule has 20 heavy (non-hydrogen) atoms. The maximum absolute atomic E-state index is 13.1. The second-order valence-electron chi connectivity index (χ2n) is 3.99. The summed E-state index contributed by atoms with van der Waals surface area (Å²) in [6.45, 7) is 0. The number of benzene rings is 2. The first-order chi connectivity index (χ1) is 9.61. The summed E-state index contributed by atoms with van der Waals surface area (Å²) >= 11 is 0. The number of hydrogen-bond donors (Lipinski definition) is 2. The molecule has 1 unspecified atom stereocenters. The van der Waals surface area contributed by atoms with E-state index >= 15 is 0 Å². The number of hydrogen-bond acceptors (Lipinski definition) is 3. The Kier molecular flexibility index (Phi) is 4.27. The zero-order chi connectivity index (χ0) is 14.5. The van der Waals surface area contributed by atoms with Gasteiger partial charge >= 0.3 is 0 Å². The monoisotopic (exact) mass is 278 g/mol. The van der Waals surface area contributed by atoms with Crippen LogP contribution in [0.15, 0.2) is 48.5 Å². The summed E-state index contributed by atoms with van der Waals surface area (Å²) < 4.78 is 31.4. The smallest absolute Gasteiger partial charge is 0.279 e. The Balaban J connectivity index is 2.28. The van der Waals surface area contributed by atoms with Crippen LogP contribution in [0.25, 0.3) is 0 Å². The number of amides is 1. The quantitative estimate of drug-likeness (QED) is 0.511. The van der Waals surface area contributed by atoms with Gasteiger partial charge in [-0.15, -0.1) is 0 Å². The van der Waals surface area contributed by atoms with Gasteiger partial charge in [-0.1, -0.05) is 30.3 Å². The molecule has 0 aromatic heterocycles. The van der Waals surface area contributed by atoms with Crippen LogP contribution in [0.2, 0.25) is 0 Å². The second-order valence-corrected chi connectivity index (χ2v) is 3.99. The largest absolute Gasteiger partial charge is 0.476 e. The molecule has 2 aromatic carbocycles. The third-order valence-electron chi connectivity index (χ3n) is 2.63. The molecule has 0 aliphatic rings. The molecule has 2 aromatic rings. The Bertz CT molecular complexity index is 605. The molecule has 0 spiro atoms. The van der Waals surface area contributed by atoms with Gasteiger partial charge in [0.15, 0.2) is 11.6 Å². The molecule has 0 bridgehead atoms. The van der Waals surface area contributed by atoms with Crippen molar-refractivity contribution in [2.45, 2.75) is 6.10 Å². The van der Waals surface area contributed by atoms with Gasteiger partial charge in [-0.25, -0.2) is 14.6 Å². The molecular formula is C14H12F2N2O2. The van der Waals surface area contributed by atoms with E-state index in [-0.39, 0.29) is 5.75 Å². The Hall–Kier alpha value is -2.47. The van der Waals surface area contributed by atoms with E-state index in [1.165, 1.54) is 6.07 Å². The van der Waals surface area contributed by atoms with Crippen molar-refractivity contribution in [3.63, 3.8) is 0 Å². The van der Waals surface area contributed by atoms with E-state index in [1.807, 2.05) is 5.43 Å². The summed E-state index contributed by atoms with van der Waals surface area (Å²) in [5, 5.41) is 0. The van der Waals surface area contributed by atoms with Gasteiger partial charge in [0.05, 0.1) is 0 Å². The number of rotatable bonds is 4. The highest BCUT2D eigenvalue weighted by Crippen LogP contribution is 2.23. The Labute approximate surface area is 114 Å². The maximum Gasteiger partial charge on any atom is 0.279 e. The predicted octanol–water partition coefficient (Wildman–Crippen LogP) is 2.07. The molecule has 1 atom stereocenters. The summed E-state index contributed by atoms with van der Waals surface area (Å²) in [5.41, 5.74) is 2.52. The van der Waals surface area contributed by atoms with Gasteiger partial charge in [0, 0.05) is 11.6 Å². The molecule has 0 radical (unpaired) electrons. The first kappa shape index (κ1) is 14.0. The standard InChI is InChI=1S/C14H12F2N2O2/c15-11-7-6-10(8-12(11)16)20-13(14(19)18-17)9-4-2-1-3-5-9/h1-8,13H,17H2,(H,18,19). The van der Waals surface area contributed by atoms with Crippen molar-refractivity contribution in [2.75, 3.05) is 0 Å². The lowest BCUT2D eigenvalue weighted by atomic mass is 10.1. The van der Waals surface area contributed by atoms with Crippen molar-refractivity contribution in [2.24, 2.45) is 5.84 Å². The van der Waals surface area contributed by atoms with Crippen LogP contribution in [0.5, 0.6) is 5.75 Å². The van der Waals surface area contributed by atoms with E-state index in [4.69, 9.17) is 10.6 Å². The highest BCUT2D eigenvalue weighted by atomic mass is 19.2. The van der Waals surface area contributed by atoms with E-state index in [0.717, 1.165) is 12.1 Å². The molecule has 1 amide bonds. The SMILES string of the molecule is NNC(=O)C(Oc1ccc(F)c(F)c1)c1ccccc1. The van der Waals surface area contributed by atoms with E-state index in [1.54, 1.807) is 30.3 Å². The van der Waals surface area contributed by atoms with E-state index in [9.17, 15) is 13.6 Å². The topological polar surface area (TPSA) is 64.3 Å². The minimum Gasteiger partial charge on any atom is -0.476 e. The molecule has 3 N–H and O–H groups in total. The van der Waals surface area contributed by atoms with Gasteiger partial charge in [0.1, 0.15) is 5.75 Å². The molecule has 104 valence electrons. The highest BCUT2D eigenvalue weighted by Gasteiger charge is 2.22. The fraction of sp³-hybridized carbons (Fsp3) is 0.0714. The number of halogens is 2. The predicted molar refractivity (Wildman–Crippen MR) is 68.5 cm³/mol. The summed E-state index contributed by atoms with van der Waals surface area (Å²) in [5.74, 6) is 2.49. The number of carbonyl (C=O) groups excluding carboxylic acids is 1. The maximum atomic E-state index is 13.1. The van der Waals surface area contributed by atoms with Crippen molar-refractivity contribution >= 4 is 5.91 Å². The van der Waals surface area contributed by atoms with Crippen LogP contribution in [0.3, 0.4) is 0 Å². The van der Waals surface area contributed by atoms with E-state index < -0.39 is 23.6 Å². The average Bonchev–Trinajstić information content (AvgIpc) is 2.48. The lowest BCUT2D eigenvalue weighted by Crippen LogP contribution is -2.37. The van der Waals surface area contributed by atoms with Crippen LogP contribution in [0.4, 0.5) is 8.78 Å². The molecule has 0 saturated carbocycles. The van der Waals surface area contributed by atoms with Gasteiger partial charge in [-0.05, 0) is 12.1 Å². The lowest BCUT2D eigenvalue weighted by molar-refractivity contribution is -0.128. The van der Waals surface area contributed by atoms with E-state index in [2.05, 4.69) is 0 Å². The number of hydrazine groups is 1. The van der Waals surface area contributed by atoms with Crippen LogP contribution in [-0.2, 0) is 4.79 Å². The fourth-order valence-corrected chi connectivity index (χ4v) is 1.66. The van der Waals surface area contributed by atoms with Crippen LogP contribution in [0.1, 0.15) is 11.7 Å². The third-order valence-corrected chi connectivity index (χ3v) is 2.63. The molecular weight excluding hydrogens is 266 g/mol. The molecule has 0 aliphatic carbocycles. The molecule has 2 rings (SSSR count). The number of nitrogens with one attached hydrogen (secondary N) is 1. The van der Waals surface area contributed by atoms with Crippen molar-refractivity contribution in [1.82, 2.24) is 5.43 Å². The van der Waals surface area contributed by atoms with Gasteiger partial charge in [0.2, 0.25) is 6.10 Å². The first-order valence-corrected chi connectivity index (χ1v) is 5.79. The van der Waals surface area contributed by atoms with Crippen LogP contribution >= 0.6 is 0 Å². The van der Waals surface area contributed by atoms with Gasteiger partial charge in [0.25, 0.3) is 5.91 Å². The zero-order valence-corrected chi connectivity index (χ0v) is 10.3. The average molecular weight is 278 g/mol. The molecule has 6 heteroatoms. The number of carbonyl (C=O) groups is 1. The van der Waals surface area contributed by atoms with Crippen LogP contribution in [0, 0.1) is 11.6 Å². The molecule has 0 saturated heterocycles. The minimum atomic E-state index is -1.05. The summed E-state index contributed by atoms with van der Waals surface area (Å²) in [4.78, 5) is 11.7. The summed E-state index contributed by atoms with van der Waals surface area (Å²) in [7, 11) is 0. The summed E-state index contributed by atoms with van der Waals surface area (Å²) in [6.07, 6.45) is -1.05. The Morgan fingerprint density at radius 2 is 1.80 bits per heavy atom. The second kappa shape index (κ2) is 6.12. The third kappa shape index (κ3) is 3.10. The minimum absolute atomic E-state index is 0.0290. The first-order valence-electron chi connectivity index (χ1n) is 5.79. The molecule has 0 fully saturated rings. The van der Waals surface area contributed by atoms with Gasteiger partial charge in [-0.2, -0.15) is 0 Å². The normalized spacial score (nSPS) is 11.8. The van der Waals surface area contributed by atoms with E-state index in [0.29, 0.717) is 5.56 Å². The lowest BCUT2D eigenvalue weighted by Gasteiger charge is -2.18. The van der Waals surface area contributed by atoms with Crippen molar-refractivity contribution in [3.05, 3.63) is 65.7 Å². The van der Waals surface area contributed by atoms with Crippen molar-refractivity contribution < 1.29 is 18.3 Å². The highest BCUT2D eigenvalue weighted by molar-refractivity contribution is 5.82. The van der Waals surface area contributed by atoms with Gasteiger partial charge in [-0.3, -0.25) is 10.2 Å².